The lowest BCUT2D eigenvalue weighted by Crippen LogP contribution is -2.27. The van der Waals surface area contributed by atoms with E-state index in [4.69, 9.17) is 4.74 Å². The van der Waals surface area contributed by atoms with E-state index >= 15 is 0 Å². The molecule has 1 N–H and O–H groups in total. The zero-order valence-corrected chi connectivity index (χ0v) is 16.1. The number of nitrogens with zero attached hydrogens (tertiary/aromatic N) is 2. The molecule has 0 aliphatic rings. The highest BCUT2D eigenvalue weighted by Crippen LogP contribution is 2.30. The smallest absolute Gasteiger partial charge is 0.276 e. The van der Waals surface area contributed by atoms with Crippen LogP contribution in [0.15, 0.2) is 77.6 Å². The number of ether oxygens (including phenoxy) is 1. The molecule has 0 saturated heterocycles. The fourth-order valence-corrected chi connectivity index (χ4v) is 3.12. The molecule has 0 aliphatic heterocycles. The summed E-state index contributed by atoms with van der Waals surface area (Å²) in [6.45, 7) is 2.12. The predicted octanol–water partition coefficient (Wildman–Crippen LogP) is 4.60. The first-order valence-electron chi connectivity index (χ1n) is 9.40. The third-order valence-electron chi connectivity index (χ3n) is 4.54. The second-order valence-corrected chi connectivity index (χ2v) is 6.52. The molecule has 4 aromatic rings. The van der Waals surface area contributed by atoms with E-state index in [-0.39, 0.29) is 11.3 Å². The molecular formula is C23H18FN3O3. The molecule has 1 heterocycles. The highest BCUT2D eigenvalue weighted by atomic mass is 19.1. The minimum atomic E-state index is -0.483. The zero-order valence-electron chi connectivity index (χ0n) is 16.1. The van der Waals surface area contributed by atoms with Gasteiger partial charge in [0, 0.05) is 18.0 Å². The number of aryl methyl sites for hydroxylation is 1. The number of rotatable bonds is 5. The number of carbonyl (C=O) groups is 1. The van der Waals surface area contributed by atoms with Crippen LogP contribution in [0.5, 0.6) is 11.5 Å². The van der Waals surface area contributed by atoms with E-state index < -0.39 is 11.7 Å². The second-order valence-electron chi connectivity index (χ2n) is 6.52. The molecule has 0 bridgehead atoms. The molecule has 1 aromatic heterocycles. The van der Waals surface area contributed by atoms with Gasteiger partial charge in [0.1, 0.15) is 11.6 Å². The third-order valence-corrected chi connectivity index (χ3v) is 4.54. The van der Waals surface area contributed by atoms with Crippen LogP contribution in [0.25, 0.3) is 10.8 Å². The molecule has 30 heavy (non-hydrogen) atoms. The number of anilines is 1. The highest BCUT2D eigenvalue weighted by Gasteiger charge is 2.18. The Morgan fingerprint density at radius 1 is 1.03 bits per heavy atom. The molecule has 7 heteroatoms. The van der Waals surface area contributed by atoms with Gasteiger partial charge in [0.2, 0.25) is 0 Å². The molecule has 0 saturated carbocycles. The summed E-state index contributed by atoms with van der Waals surface area (Å²) in [6, 6.07) is 19.4. The summed E-state index contributed by atoms with van der Waals surface area (Å²) in [7, 11) is 0. The highest BCUT2D eigenvalue weighted by molar-refractivity contribution is 6.11. The maximum absolute atomic E-state index is 13.5. The Hall–Kier alpha value is -4.00. The van der Waals surface area contributed by atoms with Crippen molar-refractivity contribution < 1.29 is 13.9 Å². The van der Waals surface area contributed by atoms with Crippen molar-refractivity contribution in [2.45, 2.75) is 13.5 Å². The van der Waals surface area contributed by atoms with Crippen LogP contribution < -0.4 is 15.6 Å². The van der Waals surface area contributed by atoms with Gasteiger partial charge >= 0.3 is 0 Å². The van der Waals surface area contributed by atoms with Crippen LogP contribution in [-0.2, 0) is 6.54 Å². The molecule has 0 spiro atoms. The van der Waals surface area contributed by atoms with Gasteiger partial charge < -0.3 is 10.1 Å². The molecule has 0 aliphatic carbocycles. The van der Waals surface area contributed by atoms with E-state index in [1.54, 1.807) is 61.5 Å². The van der Waals surface area contributed by atoms with Crippen molar-refractivity contribution in [3.05, 3.63) is 94.7 Å². The minimum absolute atomic E-state index is 0.132. The number of aromatic nitrogens is 2. The SMILES string of the molecule is CCn1nc(C(=O)Nc2ccccc2Oc2cccc(F)c2)c2ccccc2c1=O. The summed E-state index contributed by atoms with van der Waals surface area (Å²) in [4.78, 5) is 25.6. The van der Waals surface area contributed by atoms with Gasteiger partial charge in [-0.25, -0.2) is 9.07 Å². The number of hydrogen-bond acceptors (Lipinski definition) is 4. The van der Waals surface area contributed by atoms with Crippen molar-refractivity contribution in [2.24, 2.45) is 0 Å². The minimum Gasteiger partial charge on any atom is -0.455 e. The van der Waals surface area contributed by atoms with Gasteiger partial charge in [0.05, 0.1) is 11.1 Å². The fraction of sp³-hybridized carbons (Fsp3) is 0.0870. The van der Waals surface area contributed by atoms with Crippen LogP contribution in [0.1, 0.15) is 17.4 Å². The second kappa shape index (κ2) is 8.16. The van der Waals surface area contributed by atoms with Gasteiger partial charge in [0.25, 0.3) is 11.5 Å². The van der Waals surface area contributed by atoms with E-state index in [1.807, 2.05) is 0 Å². The number of nitrogens with one attached hydrogen (secondary N) is 1. The Bertz CT molecular complexity index is 1300. The van der Waals surface area contributed by atoms with Crippen molar-refractivity contribution >= 4 is 22.4 Å². The average Bonchev–Trinajstić information content (AvgIpc) is 2.75. The van der Waals surface area contributed by atoms with Gasteiger partial charge in [-0.2, -0.15) is 5.10 Å². The van der Waals surface area contributed by atoms with E-state index in [0.717, 1.165) is 0 Å². The lowest BCUT2D eigenvalue weighted by Gasteiger charge is -2.13. The Kier molecular flexibility index (Phi) is 5.26. The van der Waals surface area contributed by atoms with Crippen LogP contribution >= 0.6 is 0 Å². The van der Waals surface area contributed by atoms with Gasteiger partial charge in [-0.3, -0.25) is 9.59 Å². The van der Waals surface area contributed by atoms with Gasteiger partial charge in [-0.1, -0.05) is 36.4 Å². The number of hydrogen-bond donors (Lipinski definition) is 1. The first-order chi connectivity index (χ1) is 14.6. The predicted molar refractivity (Wildman–Crippen MR) is 113 cm³/mol. The van der Waals surface area contributed by atoms with Crippen molar-refractivity contribution in [3.8, 4) is 11.5 Å². The summed E-state index contributed by atoms with van der Waals surface area (Å²) in [5.41, 5.74) is 0.277. The van der Waals surface area contributed by atoms with E-state index in [0.29, 0.717) is 34.5 Å². The number of halogens is 1. The molecule has 0 unspecified atom stereocenters. The summed E-state index contributed by atoms with van der Waals surface area (Å²) < 4.78 is 20.5. The zero-order chi connectivity index (χ0) is 21.1. The molecule has 4 rings (SSSR count). The Balaban J connectivity index is 1.70. The monoisotopic (exact) mass is 403 g/mol. The van der Waals surface area contributed by atoms with Crippen LogP contribution in [-0.4, -0.2) is 15.7 Å². The number of fused-ring (bicyclic) bond motifs is 1. The Labute approximate surface area is 171 Å². The number of benzene rings is 3. The number of carbonyl (C=O) groups excluding carboxylic acids is 1. The van der Waals surface area contributed by atoms with Crippen molar-refractivity contribution in [1.29, 1.82) is 0 Å². The molecule has 0 fully saturated rings. The lowest BCUT2D eigenvalue weighted by atomic mass is 10.1. The quantitative estimate of drug-likeness (QED) is 0.529. The molecule has 6 nitrogen and oxygen atoms in total. The summed E-state index contributed by atoms with van der Waals surface area (Å²) >= 11 is 0. The van der Waals surface area contributed by atoms with Crippen LogP contribution in [0.2, 0.25) is 0 Å². The molecule has 0 radical (unpaired) electrons. The first kappa shape index (κ1) is 19.3. The molecule has 0 atom stereocenters. The molecule has 1 amide bonds. The average molecular weight is 403 g/mol. The summed E-state index contributed by atoms with van der Waals surface area (Å²) in [6.07, 6.45) is 0. The Morgan fingerprint density at radius 2 is 1.77 bits per heavy atom. The van der Waals surface area contributed by atoms with E-state index in [2.05, 4.69) is 10.4 Å². The third kappa shape index (κ3) is 3.77. The van der Waals surface area contributed by atoms with Crippen molar-refractivity contribution in [3.63, 3.8) is 0 Å². The normalized spacial score (nSPS) is 10.7. The van der Waals surface area contributed by atoms with Crippen molar-refractivity contribution in [2.75, 3.05) is 5.32 Å². The van der Waals surface area contributed by atoms with Gasteiger partial charge in [0.15, 0.2) is 11.4 Å². The molecule has 150 valence electrons. The van der Waals surface area contributed by atoms with Gasteiger partial charge in [-0.15, -0.1) is 0 Å². The van der Waals surface area contributed by atoms with Gasteiger partial charge in [-0.05, 0) is 37.3 Å². The number of amides is 1. The van der Waals surface area contributed by atoms with Crippen LogP contribution in [0.4, 0.5) is 10.1 Å². The standard InChI is InChI=1S/C23H18FN3O3/c1-2-27-23(29)18-11-4-3-10-17(18)21(26-27)22(28)25-19-12-5-6-13-20(19)30-16-9-7-8-15(24)14-16/h3-14H,2H2,1H3,(H,25,28). The van der Waals surface area contributed by atoms with Crippen molar-refractivity contribution in [1.82, 2.24) is 9.78 Å². The maximum Gasteiger partial charge on any atom is 0.276 e. The number of para-hydroxylation sites is 2. The van der Waals surface area contributed by atoms with Crippen LogP contribution in [0.3, 0.4) is 0 Å². The fourth-order valence-electron chi connectivity index (χ4n) is 3.12. The molecule has 3 aromatic carbocycles. The summed E-state index contributed by atoms with van der Waals surface area (Å²) in [5, 5.41) is 7.92. The largest absolute Gasteiger partial charge is 0.455 e. The lowest BCUT2D eigenvalue weighted by molar-refractivity contribution is 0.102. The Morgan fingerprint density at radius 3 is 2.53 bits per heavy atom. The van der Waals surface area contributed by atoms with Crippen LogP contribution in [0, 0.1) is 5.82 Å². The van der Waals surface area contributed by atoms with E-state index in [9.17, 15) is 14.0 Å². The maximum atomic E-state index is 13.5. The topological polar surface area (TPSA) is 73.2 Å². The summed E-state index contributed by atoms with van der Waals surface area (Å²) in [5.74, 6) is -0.250. The molecular weight excluding hydrogens is 385 g/mol. The first-order valence-corrected chi connectivity index (χ1v) is 9.40. The van der Waals surface area contributed by atoms with E-state index in [1.165, 1.54) is 22.9 Å².